The Kier molecular flexibility index (Phi) is 2.66. The van der Waals surface area contributed by atoms with Gasteiger partial charge in [0.2, 0.25) is 0 Å². The fourth-order valence-corrected chi connectivity index (χ4v) is 2.37. The normalized spacial score (nSPS) is 36.8. The summed E-state index contributed by atoms with van der Waals surface area (Å²) in [5, 5.41) is 12.3. The van der Waals surface area contributed by atoms with Gasteiger partial charge in [-0.25, -0.2) is 0 Å². The SMILES string of the molecule is OC[C@@H]1C[C@@H]1CC1CCNCC1. The summed E-state index contributed by atoms with van der Waals surface area (Å²) >= 11 is 0. The van der Waals surface area contributed by atoms with Gasteiger partial charge < -0.3 is 10.4 Å². The molecule has 0 amide bonds. The number of hydrogen-bond acceptors (Lipinski definition) is 2. The molecule has 2 rings (SSSR count). The molecular formula is C10H19NO. The zero-order chi connectivity index (χ0) is 8.39. The predicted molar refractivity (Wildman–Crippen MR) is 48.9 cm³/mol. The third-order valence-corrected chi connectivity index (χ3v) is 3.40. The van der Waals surface area contributed by atoms with E-state index in [1.54, 1.807) is 0 Å². The van der Waals surface area contributed by atoms with Crippen molar-refractivity contribution in [2.45, 2.75) is 25.7 Å². The van der Waals surface area contributed by atoms with E-state index in [9.17, 15) is 0 Å². The molecule has 2 aliphatic rings. The Bertz CT molecular complexity index is 143. The van der Waals surface area contributed by atoms with Crippen LogP contribution >= 0.6 is 0 Å². The molecule has 1 heterocycles. The van der Waals surface area contributed by atoms with Crippen LogP contribution in [0.2, 0.25) is 0 Å². The molecule has 1 saturated carbocycles. The highest BCUT2D eigenvalue weighted by atomic mass is 16.3. The highest BCUT2D eigenvalue weighted by molar-refractivity contribution is 4.88. The molecule has 0 spiro atoms. The lowest BCUT2D eigenvalue weighted by atomic mass is 9.92. The van der Waals surface area contributed by atoms with Crippen molar-refractivity contribution in [3.05, 3.63) is 0 Å². The van der Waals surface area contributed by atoms with Crippen LogP contribution in [-0.2, 0) is 0 Å². The summed E-state index contributed by atoms with van der Waals surface area (Å²) in [5.74, 6) is 2.49. The van der Waals surface area contributed by atoms with Gasteiger partial charge in [-0.15, -0.1) is 0 Å². The number of piperidine rings is 1. The summed E-state index contributed by atoms with van der Waals surface area (Å²) in [6.45, 7) is 2.85. The summed E-state index contributed by atoms with van der Waals surface area (Å²) in [5.41, 5.74) is 0. The van der Waals surface area contributed by atoms with E-state index >= 15 is 0 Å². The molecule has 0 aromatic heterocycles. The van der Waals surface area contributed by atoms with Crippen LogP contribution in [-0.4, -0.2) is 24.8 Å². The third-order valence-electron chi connectivity index (χ3n) is 3.40. The van der Waals surface area contributed by atoms with E-state index in [1.165, 1.54) is 38.8 Å². The van der Waals surface area contributed by atoms with Crippen LogP contribution in [0.15, 0.2) is 0 Å². The molecule has 1 aliphatic heterocycles. The van der Waals surface area contributed by atoms with E-state index in [4.69, 9.17) is 5.11 Å². The predicted octanol–water partition coefficient (Wildman–Crippen LogP) is 1.00. The van der Waals surface area contributed by atoms with Crippen molar-refractivity contribution >= 4 is 0 Å². The molecule has 0 bridgehead atoms. The van der Waals surface area contributed by atoms with Crippen molar-refractivity contribution in [3.8, 4) is 0 Å². The van der Waals surface area contributed by atoms with Gasteiger partial charge in [0.1, 0.15) is 0 Å². The molecule has 1 saturated heterocycles. The Morgan fingerprint density at radius 3 is 2.50 bits per heavy atom. The summed E-state index contributed by atoms with van der Waals surface area (Å²) < 4.78 is 0. The molecular weight excluding hydrogens is 150 g/mol. The second-order valence-corrected chi connectivity index (χ2v) is 4.37. The first-order valence-corrected chi connectivity index (χ1v) is 5.21. The molecule has 0 aromatic rings. The summed E-state index contributed by atoms with van der Waals surface area (Å²) in [6.07, 6.45) is 5.39. The van der Waals surface area contributed by atoms with Crippen molar-refractivity contribution in [2.24, 2.45) is 17.8 Å². The molecule has 2 atom stereocenters. The first-order valence-electron chi connectivity index (χ1n) is 5.21. The molecule has 2 N–H and O–H groups in total. The summed E-state index contributed by atoms with van der Waals surface area (Å²) in [7, 11) is 0. The molecule has 12 heavy (non-hydrogen) atoms. The van der Waals surface area contributed by atoms with Crippen molar-refractivity contribution < 1.29 is 5.11 Å². The van der Waals surface area contributed by atoms with Crippen molar-refractivity contribution in [1.82, 2.24) is 5.32 Å². The van der Waals surface area contributed by atoms with E-state index in [2.05, 4.69) is 5.32 Å². The van der Waals surface area contributed by atoms with Gasteiger partial charge in [0, 0.05) is 6.61 Å². The standard InChI is InChI=1S/C10H19NO/c12-7-10-6-9(10)5-8-1-3-11-4-2-8/h8-12H,1-7H2/t9-,10-/m0/s1. The highest BCUT2D eigenvalue weighted by Crippen LogP contribution is 2.43. The van der Waals surface area contributed by atoms with Crippen LogP contribution in [0.25, 0.3) is 0 Å². The van der Waals surface area contributed by atoms with Gasteiger partial charge in [-0.1, -0.05) is 0 Å². The maximum atomic E-state index is 8.89. The number of rotatable bonds is 3. The lowest BCUT2D eigenvalue weighted by molar-refractivity contribution is 0.257. The molecule has 0 aromatic carbocycles. The van der Waals surface area contributed by atoms with Crippen LogP contribution in [0.3, 0.4) is 0 Å². The van der Waals surface area contributed by atoms with Crippen LogP contribution in [0, 0.1) is 17.8 Å². The average Bonchev–Trinajstić information content (AvgIpc) is 2.85. The van der Waals surface area contributed by atoms with E-state index in [0.29, 0.717) is 12.5 Å². The Morgan fingerprint density at radius 2 is 1.92 bits per heavy atom. The van der Waals surface area contributed by atoms with Gasteiger partial charge in [0.25, 0.3) is 0 Å². The number of nitrogens with one attached hydrogen (secondary N) is 1. The van der Waals surface area contributed by atoms with Gasteiger partial charge in [-0.05, 0) is 56.5 Å². The van der Waals surface area contributed by atoms with Gasteiger partial charge in [-0.2, -0.15) is 0 Å². The minimum absolute atomic E-state index is 0.426. The lowest BCUT2D eigenvalue weighted by Gasteiger charge is -2.22. The van der Waals surface area contributed by atoms with Gasteiger partial charge in [0.05, 0.1) is 0 Å². The molecule has 0 radical (unpaired) electrons. The minimum Gasteiger partial charge on any atom is -0.396 e. The number of aliphatic hydroxyl groups is 1. The van der Waals surface area contributed by atoms with Crippen molar-refractivity contribution in [2.75, 3.05) is 19.7 Å². The topological polar surface area (TPSA) is 32.3 Å². The van der Waals surface area contributed by atoms with Crippen molar-refractivity contribution in [1.29, 1.82) is 0 Å². The lowest BCUT2D eigenvalue weighted by Crippen LogP contribution is -2.28. The smallest absolute Gasteiger partial charge is 0.0462 e. The van der Waals surface area contributed by atoms with E-state index in [0.717, 1.165) is 11.8 Å². The van der Waals surface area contributed by atoms with Gasteiger partial charge in [0.15, 0.2) is 0 Å². The highest BCUT2D eigenvalue weighted by Gasteiger charge is 2.37. The Balaban J connectivity index is 1.66. The Morgan fingerprint density at radius 1 is 1.17 bits per heavy atom. The largest absolute Gasteiger partial charge is 0.396 e. The fraction of sp³-hybridized carbons (Fsp3) is 1.00. The van der Waals surface area contributed by atoms with E-state index in [1.807, 2.05) is 0 Å². The van der Waals surface area contributed by atoms with E-state index in [-0.39, 0.29) is 0 Å². The number of aliphatic hydroxyl groups excluding tert-OH is 1. The first kappa shape index (κ1) is 8.52. The molecule has 2 heteroatoms. The monoisotopic (exact) mass is 169 g/mol. The zero-order valence-corrected chi connectivity index (χ0v) is 7.63. The van der Waals surface area contributed by atoms with Crippen molar-refractivity contribution in [3.63, 3.8) is 0 Å². The Hall–Kier alpha value is -0.0800. The average molecular weight is 169 g/mol. The molecule has 1 aliphatic carbocycles. The van der Waals surface area contributed by atoms with Crippen LogP contribution < -0.4 is 5.32 Å². The summed E-state index contributed by atoms with van der Waals surface area (Å²) in [6, 6.07) is 0. The first-order chi connectivity index (χ1) is 5.90. The van der Waals surface area contributed by atoms with Gasteiger partial charge in [-0.3, -0.25) is 0 Å². The molecule has 70 valence electrons. The van der Waals surface area contributed by atoms with Crippen LogP contribution in [0.1, 0.15) is 25.7 Å². The van der Waals surface area contributed by atoms with Crippen LogP contribution in [0.4, 0.5) is 0 Å². The van der Waals surface area contributed by atoms with Crippen LogP contribution in [0.5, 0.6) is 0 Å². The van der Waals surface area contributed by atoms with Gasteiger partial charge >= 0.3 is 0 Å². The maximum Gasteiger partial charge on any atom is 0.0462 e. The molecule has 0 unspecified atom stereocenters. The fourth-order valence-electron chi connectivity index (χ4n) is 2.37. The second-order valence-electron chi connectivity index (χ2n) is 4.37. The molecule has 2 fully saturated rings. The quantitative estimate of drug-likeness (QED) is 0.660. The second kappa shape index (κ2) is 3.75. The Labute approximate surface area is 74.4 Å². The zero-order valence-electron chi connectivity index (χ0n) is 7.63. The number of hydrogen-bond donors (Lipinski definition) is 2. The third kappa shape index (κ3) is 1.99. The summed E-state index contributed by atoms with van der Waals surface area (Å²) in [4.78, 5) is 0. The van der Waals surface area contributed by atoms with E-state index < -0.39 is 0 Å². The minimum atomic E-state index is 0.426. The molecule has 2 nitrogen and oxygen atoms in total. The maximum absolute atomic E-state index is 8.89.